The number of anilines is 1. The number of rotatable bonds is 2. The zero-order valence-electron chi connectivity index (χ0n) is 12.0. The SMILES string of the molecule is Cc1cccc(N2C(C)CCN(C)C(=O)C2CN)c1. The maximum absolute atomic E-state index is 12.4. The Morgan fingerprint density at radius 2 is 2.16 bits per heavy atom. The van der Waals surface area contributed by atoms with E-state index in [1.54, 1.807) is 4.90 Å². The van der Waals surface area contributed by atoms with Crippen molar-refractivity contribution in [2.24, 2.45) is 5.73 Å². The van der Waals surface area contributed by atoms with Gasteiger partial charge < -0.3 is 15.5 Å². The molecule has 4 nitrogen and oxygen atoms in total. The molecule has 1 fully saturated rings. The lowest BCUT2D eigenvalue weighted by Gasteiger charge is -2.35. The van der Waals surface area contributed by atoms with Crippen LogP contribution in [0, 0.1) is 6.92 Å². The van der Waals surface area contributed by atoms with Gasteiger partial charge in [-0.1, -0.05) is 12.1 Å². The highest BCUT2D eigenvalue weighted by atomic mass is 16.2. The van der Waals surface area contributed by atoms with Crippen molar-refractivity contribution in [1.82, 2.24) is 4.90 Å². The molecule has 1 amide bonds. The average Bonchev–Trinajstić information content (AvgIpc) is 2.50. The van der Waals surface area contributed by atoms with Crippen molar-refractivity contribution < 1.29 is 4.79 Å². The van der Waals surface area contributed by atoms with Gasteiger partial charge in [0.1, 0.15) is 6.04 Å². The second-order valence-corrected chi connectivity index (χ2v) is 5.40. The fourth-order valence-corrected chi connectivity index (χ4v) is 2.75. The third-order valence-corrected chi connectivity index (χ3v) is 3.88. The summed E-state index contributed by atoms with van der Waals surface area (Å²) in [6.45, 7) is 5.37. The molecule has 0 bridgehead atoms. The molecule has 0 aromatic heterocycles. The van der Waals surface area contributed by atoms with Crippen molar-refractivity contribution >= 4 is 11.6 Å². The molecule has 2 rings (SSSR count). The number of hydrogen-bond donors (Lipinski definition) is 1. The van der Waals surface area contributed by atoms with E-state index in [0.717, 1.165) is 18.7 Å². The van der Waals surface area contributed by atoms with Gasteiger partial charge in [-0.3, -0.25) is 4.79 Å². The van der Waals surface area contributed by atoms with E-state index in [1.165, 1.54) is 5.56 Å². The number of carbonyl (C=O) groups excluding carboxylic acids is 1. The first-order chi connectivity index (χ1) is 9.04. The van der Waals surface area contributed by atoms with Crippen LogP contribution in [0.15, 0.2) is 24.3 Å². The van der Waals surface area contributed by atoms with Crippen molar-refractivity contribution in [3.63, 3.8) is 0 Å². The maximum atomic E-state index is 12.4. The van der Waals surface area contributed by atoms with E-state index in [4.69, 9.17) is 5.73 Å². The van der Waals surface area contributed by atoms with Crippen molar-refractivity contribution in [3.05, 3.63) is 29.8 Å². The number of carbonyl (C=O) groups is 1. The lowest BCUT2D eigenvalue weighted by Crippen LogP contribution is -2.51. The van der Waals surface area contributed by atoms with Crippen molar-refractivity contribution in [2.75, 3.05) is 25.0 Å². The number of aryl methyl sites for hydroxylation is 1. The topological polar surface area (TPSA) is 49.6 Å². The van der Waals surface area contributed by atoms with Gasteiger partial charge in [0.2, 0.25) is 5.91 Å². The predicted octanol–water partition coefficient (Wildman–Crippen LogP) is 1.38. The Kier molecular flexibility index (Phi) is 4.10. The lowest BCUT2D eigenvalue weighted by molar-refractivity contribution is -0.130. The number of likely N-dealkylation sites (N-methyl/N-ethyl adjacent to an activating group) is 1. The highest BCUT2D eigenvalue weighted by molar-refractivity contribution is 5.86. The minimum absolute atomic E-state index is 0.119. The second kappa shape index (κ2) is 5.61. The quantitative estimate of drug-likeness (QED) is 0.875. The zero-order valence-corrected chi connectivity index (χ0v) is 12.0. The average molecular weight is 261 g/mol. The van der Waals surface area contributed by atoms with Crippen molar-refractivity contribution in [1.29, 1.82) is 0 Å². The molecule has 2 N–H and O–H groups in total. The van der Waals surface area contributed by atoms with Gasteiger partial charge in [-0.25, -0.2) is 0 Å². The molecule has 1 aromatic carbocycles. The largest absolute Gasteiger partial charge is 0.356 e. The first kappa shape index (κ1) is 13.9. The van der Waals surface area contributed by atoms with E-state index in [2.05, 4.69) is 36.9 Å². The highest BCUT2D eigenvalue weighted by Gasteiger charge is 2.33. The smallest absolute Gasteiger partial charge is 0.246 e. The summed E-state index contributed by atoms with van der Waals surface area (Å²) in [6, 6.07) is 8.33. The van der Waals surface area contributed by atoms with Crippen LogP contribution < -0.4 is 10.6 Å². The van der Waals surface area contributed by atoms with Crippen molar-refractivity contribution in [3.8, 4) is 0 Å². The van der Waals surface area contributed by atoms with Gasteiger partial charge in [0, 0.05) is 31.9 Å². The van der Waals surface area contributed by atoms with Crippen LogP contribution >= 0.6 is 0 Å². The molecule has 0 aliphatic carbocycles. The van der Waals surface area contributed by atoms with Gasteiger partial charge in [-0.2, -0.15) is 0 Å². The fourth-order valence-electron chi connectivity index (χ4n) is 2.75. The summed E-state index contributed by atoms with van der Waals surface area (Å²) in [5.41, 5.74) is 8.15. The molecule has 0 spiro atoms. The summed E-state index contributed by atoms with van der Waals surface area (Å²) in [5, 5.41) is 0. The minimum atomic E-state index is -0.260. The van der Waals surface area contributed by atoms with Crippen LogP contribution in [0.1, 0.15) is 18.9 Å². The standard InChI is InChI=1S/C15H23N3O/c1-11-5-4-6-13(9-11)18-12(2)7-8-17(3)15(19)14(18)10-16/h4-6,9,12,14H,7-8,10,16H2,1-3H3. The first-order valence-electron chi connectivity index (χ1n) is 6.84. The molecule has 1 saturated heterocycles. The van der Waals surface area contributed by atoms with E-state index >= 15 is 0 Å². The molecule has 1 aliphatic heterocycles. The van der Waals surface area contributed by atoms with E-state index < -0.39 is 0 Å². The first-order valence-corrected chi connectivity index (χ1v) is 6.84. The van der Waals surface area contributed by atoms with Crippen LogP contribution in [0.3, 0.4) is 0 Å². The molecular formula is C15H23N3O. The van der Waals surface area contributed by atoms with Gasteiger partial charge in [-0.05, 0) is 38.0 Å². The zero-order chi connectivity index (χ0) is 14.0. The molecule has 2 atom stereocenters. The molecule has 4 heteroatoms. The third-order valence-electron chi connectivity index (χ3n) is 3.88. The summed E-state index contributed by atoms with van der Waals surface area (Å²) in [4.78, 5) is 16.4. The van der Waals surface area contributed by atoms with Crippen LogP contribution in [0.5, 0.6) is 0 Å². The summed E-state index contributed by atoms with van der Waals surface area (Å²) in [7, 11) is 1.86. The molecular weight excluding hydrogens is 238 g/mol. The Morgan fingerprint density at radius 3 is 2.79 bits per heavy atom. The molecule has 1 aromatic rings. The number of amides is 1. The Hall–Kier alpha value is -1.55. The van der Waals surface area contributed by atoms with E-state index in [1.807, 2.05) is 13.1 Å². The molecule has 104 valence electrons. The fraction of sp³-hybridized carbons (Fsp3) is 0.533. The van der Waals surface area contributed by atoms with Gasteiger partial charge in [0.05, 0.1) is 0 Å². The Morgan fingerprint density at radius 1 is 1.42 bits per heavy atom. The van der Waals surface area contributed by atoms with Gasteiger partial charge in [-0.15, -0.1) is 0 Å². The van der Waals surface area contributed by atoms with Crippen LogP contribution in [0.25, 0.3) is 0 Å². The van der Waals surface area contributed by atoms with Crippen LogP contribution in [-0.4, -0.2) is 43.0 Å². The molecule has 0 saturated carbocycles. The van der Waals surface area contributed by atoms with Crippen LogP contribution in [-0.2, 0) is 4.79 Å². The van der Waals surface area contributed by atoms with Gasteiger partial charge >= 0.3 is 0 Å². The number of nitrogens with zero attached hydrogens (tertiary/aromatic N) is 2. The normalized spacial score (nSPS) is 24.5. The van der Waals surface area contributed by atoms with Crippen molar-refractivity contribution in [2.45, 2.75) is 32.4 Å². The van der Waals surface area contributed by atoms with Gasteiger partial charge in [0.25, 0.3) is 0 Å². The monoisotopic (exact) mass is 261 g/mol. The number of nitrogens with two attached hydrogens (primary N) is 1. The van der Waals surface area contributed by atoms with Crippen LogP contribution in [0.4, 0.5) is 5.69 Å². The summed E-state index contributed by atoms with van der Waals surface area (Å²) in [5.74, 6) is 0.119. The Bertz CT molecular complexity index is 460. The third kappa shape index (κ3) is 2.73. The molecule has 1 aliphatic rings. The highest BCUT2D eigenvalue weighted by Crippen LogP contribution is 2.25. The molecule has 1 heterocycles. The Balaban J connectivity index is 2.41. The maximum Gasteiger partial charge on any atom is 0.246 e. The molecule has 2 unspecified atom stereocenters. The van der Waals surface area contributed by atoms with Crippen LogP contribution in [0.2, 0.25) is 0 Å². The van der Waals surface area contributed by atoms with E-state index in [-0.39, 0.29) is 11.9 Å². The van der Waals surface area contributed by atoms with E-state index in [9.17, 15) is 4.79 Å². The number of benzene rings is 1. The number of hydrogen-bond acceptors (Lipinski definition) is 3. The van der Waals surface area contributed by atoms with Gasteiger partial charge in [0.15, 0.2) is 0 Å². The summed E-state index contributed by atoms with van der Waals surface area (Å²) < 4.78 is 0. The van der Waals surface area contributed by atoms with E-state index in [0.29, 0.717) is 12.6 Å². The lowest BCUT2D eigenvalue weighted by atomic mass is 10.1. The molecule has 0 radical (unpaired) electrons. The summed E-state index contributed by atoms with van der Waals surface area (Å²) in [6.07, 6.45) is 0.965. The Labute approximate surface area is 115 Å². The molecule has 19 heavy (non-hydrogen) atoms. The minimum Gasteiger partial charge on any atom is -0.356 e. The summed E-state index contributed by atoms with van der Waals surface area (Å²) >= 11 is 0. The predicted molar refractivity (Wildman–Crippen MR) is 78.2 cm³/mol. The second-order valence-electron chi connectivity index (χ2n) is 5.40.